The van der Waals surface area contributed by atoms with E-state index >= 15 is 0 Å². The molecule has 2 rings (SSSR count). The van der Waals surface area contributed by atoms with Crippen molar-refractivity contribution in [3.05, 3.63) is 59.7 Å². The number of hydrogen-bond donors (Lipinski definition) is 7. The third kappa shape index (κ3) is 10.2. The zero-order chi connectivity index (χ0) is 29.9. The Hall–Kier alpha value is -3.50. The van der Waals surface area contributed by atoms with Crippen molar-refractivity contribution in [1.82, 2.24) is 10.2 Å². The van der Waals surface area contributed by atoms with Crippen LogP contribution in [0.2, 0.25) is 0 Å². The van der Waals surface area contributed by atoms with Gasteiger partial charge in [-0.05, 0) is 41.7 Å². The lowest BCUT2D eigenvalue weighted by atomic mass is 9.80. The van der Waals surface area contributed by atoms with Crippen LogP contribution in [0.4, 0.5) is 18.9 Å². The number of alkyl halides is 3. The van der Waals surface area contributed by atoms with Gasteiger partial charge in [-0.25, -0.2) is 0 Å². The first-order valence-electron chi connectivity index (χ1n) is 12.5. The van der Waals surface area contributed by atoms with Crippen molar-refractivity contribution in [3.8, 4) is 0 Å². The summed E-state index contributed by atoms with van der Waals surface area (Å²) in [6, 6.07) is 7.37. The first kappa shape index (κ1) is 32.7. The number of nitrogens with zero attached hydrogens (tertiary/aromatic N) is 1. The first-order chi connectivity index (χ1) is 18.8. The van der Waals surface area contributed by atoms with Gasteiger partial charge in [-0.3, -0.25) is 14.4 Å². The molecule has 11 nitrogen and oxygen atoms in total. The molecule has 2 aromatic rings. The van der Waals surface area contributed by atoms with Crippen LogP contribution in [-0.4, -0.2) is 78.1 Å². The zero-order valence-electron chi connectivity index (χ0n) is 21.7. The summed E-state index contributed by atoms with van der Waals surface area (Å²) >= 11 is 0. The van der Waals surface area contributed by atoms with Gasteiger partial charge < -0.3 is 42.8 Å². The van der Waals surface area contributed by atoms with E-state index in [0.29, 0.717) is 18.7 Å². The quantitative estimate of drug-likeness (QED) is 0.140. The average molecular weight is 566 g/mol. The highest BCUT2D eigenvalue weighted by Gasteiger charge is 2.31. The molecule has 15 heteroatoms. The number of carbonyl (C=O) groups excluding carboxylic acids is 3. The van der Waals surface area contributed by atoms with E-state index in [4.69, 9.17) is 17.2 Å². The molecule has 218 valence electrons. The number of carbonyl (C=O) groups is 3. The van der Waals surface area contributed by atoms with Gasteiger partial charge in [0.2, 0.25) is 17.7 Å². The van der Waals surface area contributed by atoms with Crippen molar-refractivity contribution in [2.24, 2.45) is 17.2 Å². The fourth-order valence-corrected chi connectivity index (χ4v) is 3.80. The van der Waals surface area contributed by atoms with Gasteiger partial charge >= 0.3 is 13.3 Å². The van der Waals surface area contributed by atoms with E-state index in [-0.39, 0.29) is 49.4 Å². The lowest BCUT2D eigenvalue weighted by Crippen LogP contribution is -2.51. The normalized spacial score (nSPS) is 12.8. The molecular weight excluding hydrogens is 532 g/mol. The van der Waals surface area contributed by atoms with Crippen molar-refractivity contribution in [1.29, 1.82) is 0 Å². The summed E-state index contributed by atoms with van der Waals surface area (Å²) in [7, 11) is -1.79. The summed E-state index contributed by atoms with van der Waals surface area (Å²) < 4.78 is 38.9. The van der Waals surface area contributed by atoms with Gasteiger partial charge in [0, 0.05) is 44.7 Å². The smallest absolute Gasteiger partial charge is 0.423 e. The van der Waals surface area contributed by atoms with E-state index in [1.807, 2.05) is 0 Å². The number of hydrogen-bond acceptors (Lipinski definition) is 8. The molecule has 3 amide bonds. The van der Waals surface area contributed by atoms with Crippen LogP contribution in [0, 0.1) is 0 Å². The lowest BCUT2D eigenvalue weighted by Gasteiger charge is -2.23. The number of rotatable bonds is 14. The summed E-state index contributed by atoms with van der Waals surface area (Å²) in [5.41, 5.74) is 16.8. The van der Waals surface area contributed by atoms with E-state index in [0.717, 1.165) is 12.1 Å². The van der Waals surface area contributed by atoms with Crippen LogP contribution >= 0.6 is 0 Å². The second kappa shape index (κ2) is 15.3. The minimum atomic E-state index is -4.54. The molecule has 0 radical (unpaired) electrons. The van der Waals surface area contributed by atoms with E-state index in [1.54, 1.807) is 0 Å². The molecule has 0 heterocycles. The van der Waals surface area contributed by atoms with Crippen molar-refractivity contribution in [3.63, 3.8) is 0 Å². The molecule has 0 saturated carbocycles. The third-order valence-corrected chi connectivity index (χ3v) is 5.96. The number of benzene rings is 2. The Morgan fingerprint density at radius 3 is 2.15 bits per heavy atom. The Morgan fingerprint density at radius 1 is 0.975 bits per heavy atom. The van der Waals surface area contributed by atoms with Crippen LogP contribution in [0.25, 0.3) is 0 Å². The number of amides is 3. The SMILES string of the molecule is NCCN(CCN)C(=O)CCC(N)C(=O)NC(Cc1ccc(C(F)(F)F)cc1)C(=O)Nc1cccc(B(O)O)c1. The molecule has 0 fully saturated rings. The Kier molecular flexibility index (Phi) is 12.5. The Bertz CT molecular complexity index is 1130. The maximum atomic E-state index is 13.1. The molecule has 10 N–H and O–H groups in total. The van der Waals surface area contributed by atoms with Crippen LogP contribution in [0.3, 0.4) is 0 Å². The molecule has 0 aromatic heterocycles. The molecule has 40 heavy (non-hydrogen) atoms. The maximum absolute atomic E-state index is 13.1. The first-order valence-corrected chi connectivity index (χ1v) is 12.5. The van der Waals surface area contributed by atoms with Gasteiger partial charge in [0.15, 0.2) is 0 Å². The van der Waals surface area contributed by atoms with Gasteiger partial charge in [-0.1, -0.05) is 24.3 Å². The zero-order valence-corrected chi connectivity index (χ0v) is 21.7. The summed E-state index contributed by atoms with van der Waals surface area (Å²) in [5, 5.41) is 23.8. The lowest BCUT2D eigenvalue weighted by molar-refractivity contribution is -0.137. The second-order valence-corrected chi connectivity index (χ2v) is 9.05. The summed E-state index contributed by atoms with van der Waals surface area (Å²) in [4.78, 5) is 39.9. The molecule has 0 aliphatic rings. The molecule has 2 unspecified atom stereocenters. The summed E-state index contributed by atoms with van der Waals surface area (Å²) in [6.07, 6.45) is -4.83. The highest BCUT2D eigenvalue weighted by atomic mass is 19.4. The third-order valence-electron chi connectivity index (χ3n) is 5.96. The molecule has 2 aromatic carbocycles. The average Bonchev–Trinajstić information content (AvgIpc) is 2.90. The van der Waals surface area contributed by atoms with Crippen LogP contribution in [0.15, 0.2) is 48.5 Å². The highest BCUT2D eigenvalue weighted by Crippen LogP contribution is 2.29. The molecule has 0 aliphatic carbocycles. The molecular formula is C25H34BF3N6O5. The fraction of sp³-hybridized carbons (Fsp3) is 0.400. The second-order valence-electron chi connectivity index (χ2n) is 9.05. The maximum Gasteiger partial charge on any atom is 0.488 e. The van der Waals surface area contributed by atoms with E-state index in [1.165, 1.54) is 41.3 Å². The number of nitrogens with one attached hydrogen (secondary N) is 2. The Morgan fingerprint density at radius 2 is 1.60 bits per heavy atom. The fourth-order valence-electron chi connectivity index (χ4n) is 3.80. The van der Waals surface area contributed by atoms with Gasteiger partial charge in [-0.15, -0.1) is 0 Å². The van der Waals surface area contributed by atoms with Crippen LogP contribution in [0.1, 0.15) is 24.0 Å². The predicted octanol–water partition coefficient (Wildman–Crippen LogP) is -1.10. The molecule has 0 spiro atoms. The molecule has 2 atom stereocenters. The van der Waals surface area contributed by atoms with Crippen molar-refractivity contribution >= 4 is 36.0 Å². The largest absolute Gasteiger partial charge is 0.488 e. The van der Waals surface area contributed by atoms with Crippen LogP contribution in [-0.2, 0) is 27.0 Å². The van der Waals surface area contributed by atoms with Crippen LogP contribution in [0.5, 0.6) is 0 Å². The van der Waals surface area contributed by atoms with Crippen LogP contribution < -0.4 is 33.3 Å². The minimum Gasteiger partial charge on any atom is -0.423 e. The number of nitrogens with two attached hydrogens (primary N) is 3. The topological polar surface area (TPSA) is 197 Å². The number of halogens is 3. The van der Waals surface area contributed by atoms with Crippen molar-refractivity contribution in [2.45, 2.75) is 37.5 Å². The van der Waals surface area contributed by atoms with Crippen molar-refractivity contribution < 1.29 is 37.6 Å². The van der Waals surface area contributed by atoms with Gasteiger partial charge in [0.25, 0.3) is 0 Å². The minimum absolute atomic E-state index is 0.0403. The summed E-state index contributed by atoms with van der Waals surface area (Å²) in [6.45, 7) is 1.06. The van der Waals surface area contributed by atoms with E-state index < -0.39 is 42.8 Å². The van der Waals surface area contributed by atoms with E-state index in [9.17, 15) is 37.6 Å². The standard InChI is InChI=1S/C25H34BF3N6O5/c27-25(28,29)17-6-4-16(5-7-17)14-21(24(38)33-19-3-1-2-18(15-19)26(39)40)34-23(37)20(32)8-9-22(36)35(12-10-30)13-11-31/h1-7,15,20-21,39-40H,8-14,30-32H2,(H,33,38)(H,34,37). The summed E-state index contributed by atoms with van der Waals surface area (Å²) in [5.74, 6) is -1.76. The van der Waals surface area contributed by atoms with Crippen molar-refractivity contribution in [2.75, 3.05) is 31.5 Å². The van der Waals surface area contributed by atoms with E-state index in [2.05, 4.69) is 10.6 Å². The molecule has 0 bridgehead atoms. The van der Waals surface area contributed by atoms with Gasteiger partial charge in [0.1, 0.15) is 6.04 Å². The Balaban J connectivity index is 2.16. The predicted molar refractivity (Wildman–Crippen MR) is 144 cm³/mol. The monoisotopic (exact) mass is 566 g/mol. The molecule has 0 aliphatic heterocycles. The molecule has 0 saturated heterocycles. The van der Waals surface area contributed by atoms with Gasteiger partial charge in [0.05, 0.1) is 11.6 Å². The highest BCUT2D eigenvalue weighted by molar-refractivity contribution is 6.58. The Labute approximate surface area is 230 Å². The number of anilines is 1. The van der Waals surface area contributed by atoms with Gasteiger partial charge in [-0.2, -0.15) is 13.2 Å².